The lowest BCUT2D eigenvalue weighted by molar-refractivity contribution is 0.672. The van der Waals surface area contributed by atoms with Gasteiger partial charge in [-0.3, -0.25) is 5.10 Å². The lowest BCUT2D eigenvalue weighted by Crippen LogP contribution is -1.94. The molecule has 0 spiro atoms. The van der Waals surface area contributed by atoms with E-state index in [-0.39, 0.29) is 0 Å². The molecule has 5 nitrogen and oxygen atoms in total. The van der Waals surface area contributed by atoms with Crippen molar-refractivity contribution in [2.45, 2.75) is 31.6 Å². The molecule has 1 aliphatic rings. The molecule has 1 N–H and O–H groups in total. The second-order valence-electron chi connectivity index (χ2n) is 4.27. The molecule has 1 aromatic heterocycles. The van der Waals surface area contributed by atoms with E-state index in [4.69, 9.17) is 0 Å². The van der Waals surface area contributed by atoms with Crippen LogP contribution in [0.25, 0.3) is 0 Å². The van der Waals surface area contributed by atoms with Crippen LogP contribution in [0, 0.1) is 0 Å². The van der Waals surface area contributed by atoms with Crippen molar-refractivity contribution in [3.63, 3.8) is 0 Å². The highest BCUT2D eigenvalue weighted by Crippen LogP contribution is 2.32. The van der Waals surface area contributed by atoms with E-state index < -0.39 is 9.73 Å². The molecule has 0 atom stereocenters. The molecule has 1 fully saturated rings. The Balaban J connectivity index is 2.20. The lowest BCUT2D eigenvalue weighted by atomic mass is 10.1. The molecule has 84 valence electrons. The SMILES string of the molecule is CS(C)(=O)=Nc1n[nH]c(C2CCCC2)n1. The van der Waals surface area contributed by atoms with Gasteiger partial charge in [0.1, 0.15) is 5.82 Å². The van der Waals surface area contributed by atoms with Gasteiger partial charge in [-0.05, 0) is 12.8 Å². The van der Waals surface area contributed by atoms with Crippen molar-refractivity contribution < 1.29 is 4.21 Å². The van der Waals surface area contributed by atoms with Crippen LogP contribution in [-0.2, 0) is 9.73 Å². The first-order chi connectivity index (χ1) is 7.04. The summed E-state index contributed by atoms with van der Waals surface area (Å²) in [6.45, 7) is 0. The van der Waals surface area contributed by atoms with Crippen molar-refractivity contribution in [1.29, 1.82) is 0 Å². The summed E-state index contributed by atoms with van der Waals surface area (Å²) in [4.78, 5) is 4.27. The molecule has 0 aromatic carbocycles. The van der Waals surface area contributed by atoms with E-state index in [1.165, 1.54) is 25.7 Å². The summed E-state index contributed by atoms with van der Waals surface area (Å²) in [6, 6.07) is 0. The van der Waals surface area contributed by atoms with Crippen molar-refractivity contribution in [2.24, 2.45) is 4.36 Å². The molecular weight excluding hydrogens is 212 g/mol. The zero-order chi connectivity index (χ0) is 10.9. The van der Waals surface area contributed by atoms with Crippen LogP contribution in [0.4, 0.5) is 5.95 Å². The predicted octanol–water partition coefficient (Wildman–Crippen LogP) is 1.82. The van der Waals surface area contributed by atoms with E-state index in [2.05, 4.69) is 19.5 Å². The average Bonchev–Trinajstić information content (AvgIpc) is 2.68. The van der Waals surface area contributed by atoms with E-state index in [0.717, 1.165) is 5.82 Å². The van der Waals surface area contributed by atoms with Gasteiger partial charge in [0.05, 0.1) is 0 Å². The maximum atomic E-state index is 11.4. The van der Waals surface area contributed by atoms with Crippen LogP contribution >= 0.6 is 0 Å². The summed E-state index contributed by atoms with van der Waals surface area (Å²) in [5.74, 6) is 1.72. The van der Waals surface area contributed by atoms with E-state index in [9.17, 15) is 4.21 Å². The van der Waals surface area contributed by atoms with Gasteiger partial charge in [0.15, 0.2) is 0 Å². The van der Waals surface area contributed by atoms with Gasteiger partial charge in [0.2, 0.25) is 0 Å². The smallest absolute Gasteiger partial charge is 0.261 e. The maximum Gasteiger partial charge on any atom is 0.276 e. The van der Waals surface area contributed by atoms with E-state index in [1.807, 2.05) is 0 Å². The molecule has 1 aromatic rings. The quantitative estimate of drug-likeness (QED) is 0.839. The predicted molar refractivity (Wildman–Crippen MR) is 59.7 cm³/mol. The van der Waals surface area contributed by atoms with Crippen LogP contribution < -0.4 is 0 Å². The minimum atomic E-state index is -2.16. The molecule has 0 aliphatic heterocycles. The summed E-state index contributed by atoms with van der Waals surface area (Å²) in [5, 5.41) is 6.85. The molecular formula is C9H16N4OS. The first-order valence-corrected chi connectivity index (χ1v) is 7.47. The van der Waals surface area contributed by atoms with Crippen molar-refractivity contribution in [1.82, 2.24) is 15.2 Å². The standard InChI is InChI=1S/C9H16N4OS/c1-15(2,14)13-9-10-8(11-12-9)7-5-3-4-6-7/h7H,3-6H2,1-2H3,(H,10,11,12). The van der Waals surface area contributed by atoms with Crippen LogP contribution in [0.5, 0.6) is 0 Å². The Kier molecular flexibility index (Phi) is 2.77. The molecule has 2 rings (SSSR count). The number of hydrogen-bond donors (Lipinski definition) is 1. The highest BCUT2D eigenvalue weighted by Gasteiger charge is 2.20. The number of aromatic nitrogens is 3. The Morgan fingerprint density at radius 2 is 2.07 bits per heavy atom. The first-order valence-electron chi connectivity index (χ1n) is 5.14. The number of nitrogens with one attached hydrogen (secondary N) is 1. The molecule has 6 heteroatoms. The second kappa shape index (κ2) is 3.92. The molecule has 0 unspecified atom stereocenters. The number of H-pyrrole nitrogens is 1. The van der Waals surface area contributed by atoms with E-state index in [1.54, 1.807) is 12.5 Å². The molecule has 15 heavy (non-hydrogen) atoms. The third-order valence-corrected chi connectivity index (χ3v) is 3.14. The summed E-state index contributed by atoms with van der Waals surface area (Å²) in [5.41, 5.74) is 0. The Morgan fingerprint density at radius 1 is 1.40 bits per heavy atom. The van der Waals surface area contributed by atoms with Gasteiger partial charge in [-0.15, -0.1) is 5.10 Å². The zero-order valence-electron chi connectivity index (χ0n) is 9.06. The molecule has 1 aliphatic carbocycles. The van der Waals surface area contributed by atoms with E-state index >= 15 is 0 Å². The highest BCUT2D eigenvalue weighted by atomic mass is 32.2. The average molecular weight is 228 g/mol. The summed E-state index contributed by atoms with van der Waals surface area (Å²) in [6.07, 6.45) is 8.02. The van der Waals surface area contributed by atoms with Gasteiger partial charge >= 0.3 is 0 Å². The number of hydrogen-bond acceptors (Lipinski definition) is 4. The van der Waals surface area contributed by atoms with Gasteiger partial charge in [0.25, 0.3) is 5.95 Å². The Morgan fingerprint density at radius 3 is 2.67 bits per heavy atom. The highest BCUT2D eigenvalue weighted by molar-refractivity contribution is 7.92. The van der Waals surface area contributed by atoms with Crippen molar-refractivity contribution in [3.05, 3.63) is 5.82 Å². The molecule has 0 saturated heterocycles. The number of nitrogens with zero attached hydrogens (tertiary/aromatic N) is 3. The van der Waals surface area contributed by atoms with Crippen molar-refractivity contribution in [2.75, 3.05) is 12.5 Å². The van der Waals surface area contributed by atoms with Crippen LogP contribution in [0.2, 0.25) is 0 Å². The third kappa shape index (κ3) is 2.77. The second-order valence-corrected chi connectivity index (χ2v) is 6.82. The monoisotopic (exact) mass is 228 g/mol. The van der Waals surface area contributed by atoms with Gasteiger partial charge in [0, 0.05) is 28.2 Å². The minimum Gasteiger partial charge on any atom is -0.261 e. The fourth-order valence-corrected chi connectivity index (χ4v) is 2.36. The number of rotatable bonds is 2. The molecule has 1 saturated carbocycles. The van der Waals surface area contributed by atoms with Crippen LogP contribution in [0.1, 0.15) is 37.4 Å². The maximum absolute atomic E-state index is 11.4. The largest absolute Gasteiger partial charge is 0.276 e. The fraction of sp³-hybridized carbons (Fsp3) is 0.778. The van der Waals surface area contributed by atoms with Gasteiger partial charge in [-0.1, -0.05) is 12.8 Å². The minimum absolute atomic E-state index is 0.326. The van der Waals surface area contributed by atoms with Crippen molar-refractivity contribution >= 4 is 15.7 Å². The van der Waals surface area contributed by atoms with Crippen molar-refractivity contribution in [3.8, 4) is 0 Å². The molecule has 0 bridgehead atoms. The topological polar surface area (TPSA) is 71.0 Å². The lowest BCUT2D eigenvalue weighted by Gasteiger charge is -2.01. The van der Waals surface area contributed by atoms with Gasteiger partial charge in [-0.2, -0.15) is 9.35 Å². The van der Waals surface area contributed by atoms with E-state index in [0.29, 0.717) is 11.9 Å². The summed E-state index contributed by atoms with van der Waals surface area (Å²) < 4.78 is 15.4. The molecule has 1 heterocycles. The summed E-state index contributed by atoms with van der Waals surface area (Å²) >= 11 is 0. The van der Waals surface area contributed by atoms with Gasteiger partial charge in [-0.25, -0.2) is 4.21 Å². The first kappa shape index (κ1) is 10.6. The van der Waals surface area contributed by atoms with Crippen LogP contribution in [0.3, 0.4) is 0 Å². The Labute approximate surface area is 89.9 Å². The fourth-order valence-electron chi connectivity index (χ4n) is 1.88. The Hall–Kier alpha value is -0.910. The van der Waals surface area contributed by atoms with Crippen LogP contribution in [-0.4, -0.2) is 31.9 Å². The molecule has 0 amide bonds. The van der Waals surface area contributed by atoms with Gasteiger partial charge < -0.3 is 0 Å². The Bertz CT molecular complexity index is 444. The zero-order valence-corrected chi connectivity index (χ0v) is 9.88. The van der Waals surface area contributed by atoms with Crippen LogP contribution in [0.15, 0.2) is 4.36 Å². The molecule has 0 radical (unpaired) electrons. The number of aromatic amines is 1. The third-order valence-electron chi connectivity index (χ3n) is 2.53. The normalized spacial score (nSPS) is 18.3. The summed E-state index contributed by atoms with van der Waals surface area (Å²) in [7, 11) is -2.16.